The molecule has 2 atom stereocenters. The number of carbonyl (C=O) groups is 2. The lowest BCUT2D eigenvalue weighted by Crippen LogP contribution is -2.45. The highest BCUT2D eigenvalue weighted by Gasteiger charge is 2.32. The first-order valence-electron chi connectivity index (χ1n) is 12.9. The monoisotopic (exact) mass is 493 g/mol. The van der Waals surface area contributed by atoms with Crippen molar-refractivity contribution in [1.29, 1.82) is 0 Å². The van der Waals surface area contributed by atoms with Crippen LogP contribution in [0.2, 0.25) is 0 Å². The van der Waals surface area contributed by atoms with Gasteiger partial charge in [-0.2, -0.15) is 0 Å². The second-order valence-corrected chi connectivity index (χ2v) is 10.6. The molecule has 0 unspecified atom stereocenters. The topological polar surface area (TPSA) is 116 Å². The Hall–Kier alpha value is -3.20. The van der Waals surface area contributed by atoms with Crippen LogP contribution in [0.4, 0.5) is 17.3 Å². The first kappa shape index (κ1) is 25.9. The maximum atomic E-state index is 12.3. The van der Waals surface area contributed by atoms with Crippen LogP contribution in [-0.2, 0) is 10.2 Å². The number of primary amides is 1. The highest BCUT2D eigenvalue weighted by Crippen LogP contribution is 2.34. The summed E-state index contributed by atoms with van der Waals surface area (Å²) in [6.45, 7) is 7.32. The number of nitrogens with two attached hydrogens (primary N) is 1. The number of hydrogen-bond acceptors (Lipinski definition) is 7. The molecule has 36 heavy (non-hydrogen) atoms. The van der Waals surface area contributed by atoms with E-state index in [9.17, 15) is 9.59 Å². The van der Waals surface area contributed by atoms with E-state index in [1.54, 1.807) is 25.2 Å². The van der Waals surface area contributed by atoms with Gasteiger partial charge in [-0.1, -0.05) is 19.1 Å². The molecular formula is C27H39N7O2. The van der Waals surface area contributed by atoms with Crippen molar-refractivity contribution in [1.82, 2.24) is 20.2 Å². The zero-order valence-corrected chi connectivity index (χ0v) is 21.9. The highest BCUT2D eigenvalue weighted by atomic mass is 16.2. The normalized spacial score (nSPS) is 21.6. The van der Waals surface area contributed by atoms with Crippen molar-refractivity contribution in [3.05, 3.63) is 41.7 Å². The van der Waals surface area contributed by atoms with Crippen LogP contribution in [0.15, 0.2) is 30.5 Å². The Morgan fingerprint density at radius 3 is 2.56 bits per heavy atom. The van der Waals surface area contributed by atoms with Gasteiger partial charge >= 0.3 is 0 Å². The molecule has 2 aliphatic rings. The third kappa shape index (κ3) is 5.61. The van der Waals surface area contributed by atoms with Crippen molar-refractivity contribution in [3.63, 3.8) is 0 Å². The molecule has 9 nitrogen and oxygen atoms in total. The fourth-order valence-corrected chi connectivity index (χ4v) is 5.37. The van der Waals surface area contributed by atoms with Crippen molar-refractivity contribution < 1.29 is 9.59 Å². The molecule has 9 heteroatoms. The summed E-state index contributed by atoms with van der Waals surface area (Å²) in [5, 5.41) is 6.70. The molecule has 2 fully saturated rings. The standard InChI is InChI=1S/C27H39N7O2/c1-18-19(16-23(35)33(3)4)6-5-15-34(18)22-17-30-24(25(28)36)26(32-22)31-21-9-7-20(8-10-21)27(2)11-13-29-14-12-27/h7-10,17-19,29H,5-6,11-16H2,1-4H3,(H2,28,36)(H,31,32)/t18-,19+/m1/s1. The van der Waals surface area contributed by atoms with Crippen molar-refractivity contribution in [3.8, 4) is 0 Å². The molecule has 0 bridgehead atoms. The molecule has 0 aliphatic carbocycles. The summed E-state index contributed by atoms with van der Waals surface area (Å²) in [6.07, 6.45) is 6.29. The minimum atomic E-state index is -0.628. The van der Waals surface area contributed by atoms with E-state index in [1.807, 2.05) is 12.1 Å². The number of anilines is 3. The van der Waals surface area contributed by atoms with Gasteiger partial charge in [0.1, 0.15) is 5.82 Å². The molecule has 3 heterocycles. The van der Waals surface area contributed by atoms with E-state index in [0.717, 1.165) is 51.0 Å². The first-order chi connectivity index (χ1) is 17.2. The van der Waals surface area contributed by atoms with Crippen LogP contribution < -0.4 is 21.3 Å². The first-order valence-corrected chi connectivity index (χ1v) is 12.9. The van der Waals surface area contributed by atoms with Crippen molar-refractivity contribution in [2.45, 2.75) is 57.4 Å². The molecule has 0 spiro atoms. The van der Waals surface area contributed by atoms with Gasteiger partial charge in [-0.05, 0) is 74.7 Å². The Morgan fingerprint density at radius 1 is 1.22 bits per heavy atom. The number of aromatic nitrogens is 2. The summed E-state index contributed by atoms with van der Waals surface area (Å²) in [4.78, 5) is 37.4. The molecule has 1 aromatic heterocycles. The summed E-state index contributed by atoms with van der Waals surface area (Å²) >= 11 is 0. The second kappa shape index (κ2) is 10.8. The lowest BCUT2D eigenvalue weighted by atomic mass is 9.75. The molecule has 2 amide bonds. The van der Waals surface area contributed by atoms with Crippen LogP contribution in [0.3, 0.4) is 0 Å². The average Bonchev–Trinajstić information content (AvgIpc) is 2.86. The van der Waals surface area contributed by atoms with Crippen LogP contribution >= 0.6 is 0 Å². The van der Waals surface area contributed by atoms with Crippen LogP contribution in [0.1, 0.15) is 62.0 Å². The fraction of sp³-hybridized carbons (Fsp3) is 0.556. The molecule has 194 valence electrons. The van der Waals surface area contributed by atoms with E-state index in [1.165, 1.54) is 5.56 Å². The fourth-order valence-electron chi connectivity index (χ4n) is 5.37. The van der Waals surface area contributed by atoms with Gasteiger partial charge in [-0.15, -0.1) is 0 Å². The van der Waals surface area contributed by atoms with Gasteiger partial charge in [0, 0.05) is 38.8 Å². The number of benzene rings is 1. The van der Waals surface area contributed by atoms with E-state index in [-0.39, 0.29) is 29.0 Å². The van der Waals surface area contributed by atoms with E-state index < -0.39 is 5.91 Å². The van der Waals surface area contributed by atoms with Crippen LogP contribution in [0.25, 0.3) is 0 Å². The van der Waals surface area contributed by atoms with E-state index in [4.69, 9.17) is 10.7 Å². The third-order valence-electron chi connectivity index (χ3n) is 7.92. The molecule has 0 saturated carbocycles. The Balaban J connectivity index is 1.55. The quantitative estimate of drug-likeness (QED) is 0.543. The summed E-state index contributed by atoms with van der Waals surface area (Å²) in [7, 11) is 3.58. The molecular weight excluding hydrogens is 454 g/mol. The smallest absolute Gasteiger partial charge is 0.271 e. The number of nitrogens with one attached hydrogen (secondary N) is 2. The molecule has 2 saturated heterocycles. The van der Waals surface area contributed by atoms with Crippen molar-refractivity contribution in [2.75, 3.05) is 43.9 Å². The van der Waals surface area contributed by atoms with Gasteiger partial charge in [0.05, 0.1) is 6.20 Å². The lowest BCUT2D eigenvalue weighted by Gasteiger charge is -2.40. The lowest BCUT2D eigenvalue weighted by molar-refractivity contribution is -0.130. The Morgan fingerprint density at radius 2 is 1.92 bits per heavy atom. The van der Waals surface area contributed by atoms with Gasteiger partial charge < -0.3 is 26.2 Å². The summed E-state index contributed by atoms with van der Waals surface area (Å²) in [6, 6.07) is 8.46. The zero-order chi connectivity index (χ0) is 25.9. The molecule has 0 radical (unpaired) electrons. The van der Waals surface area contributed by atoms with E-state index >= 15 is 0 Å². The van der Waals surface area contributed by atoms with Gasteiger partial charge in [0.2, 0.25) is 5.91 Å². The van der Waals surface area contributed by atoms with E-state index in [2.05, 4.69) is 46.5 Å². The van der Waals surface area contributed by atoms with Gasteiger partial charge in [-0.3, -0.25) is 9.59 Å². The Bertz CT molecular complexity index is 1080. The molecule has 4 N–H and O–H groups in total. The van der Waals surface area contributed by atoms with Crippen LogP contribution in [-0.4, -0.2) is 66.5 Å². The Kier molecular flexibility index (Phi) is 7.78. The SMILES string of the molecule is C[C@@H]1[C@H](CC(=O)N(C)C)CCCN1c1cnc(C(N)=O)c(Nc2ccc(C3(C)CCNCC3)cc2)n1. The summed E-state index contributed by atoms with van der Waals surface area (Å²) in [5.41, 5.74) is 8.03. The van der Waals surface area contributed by atoms with Crippen molar-refractivity contribution >= 4 is 29.1 Å². The average molecular weight is 494 g/mol. The van der Waals surface area contributed by atoms with Gasteiger partial charge in [-0.25, -0.2) is 9.97 Å². The molecule has 4 rings (SSSR count). The third-order valence-corrected chi connectivity index (χ3v) is 7.92. The maximum Gasteiger partial charge on any atom is 0.271 e. The minimum absolute atomic E-state index is 0.108. The molecule has 2 aliphatic heterocycles. The van der Waals surface area contributed by atoms with E-state index in [0.29, 0.717) is 18.1 Å². The van der Waals surface area contributed by atoms with Gasteiger partial charge in [0.15, 0.2) is 11.5 Å². The molecule has 2 aromatic rings. The molecule has 1 aromatic carbocycles. The number of nitrogens with zero attached hydrogens (tertiary/aromatic N) is 4. The number of hydrogen-bond donors (Lipinski definition) is 3. The predicted octanol–water partition coefficient (Wildman–Crippen LogP) is 3.04. The van der Waals surface area contributed by atoms with Crippen LogP contribution in [0, 0.1) is 5.92 Å². The number of amides is 2. The van der Waals surface area contributed by atoms with Crippen LogP contribution in [0.5, 0.6) is 0 Å². The summed E-state index contributed by atoms with van der Waals surface area (Å²) < 4.78 is 0. The highest BCUT2D eigenvalue weighted by molar-refractivity contribution is 5.96. The zero-order valence-electron chi connectivity index (χ0n) is 21.9. The number of carbonyl (C=O) groups excluding carboxylic acids is 2. The predicted molar refractivity (Wildman–Crippen MR) is 143 cm³/mol. The maximum absolute atomic E-state index is 12.3. The Labute approximate surface area is 213 Å². The largest absolute Gasteiger partial charge is 0.364 e. The summed E-state index contributed by atoms with van der Waals surface area (Å²) in [5.74, 6) is 0.756. The minimum Gasteiger partial charge on any atom is -0.364 e. The number of rotatable bonds is 7. The number of piperidine rings is 2. The van der Waals surface area contributed by atoms with Crippen molar-refractivity contribution in [2.24, 2.45) is 11.7 Å². The second-order valence-electron chi connectivity index (χ2n) is 10.6. The van der Waals surface area contributed by atoms with Gasteiger partial charge in [0.25, 0.3) is 5.91 Å².